The van der Waals surface area contributed by atoms with Crippen LogP contribution in [0.5, 0.6) is 0 Å². The van der Waals surface area contributed by atoms with Crippen LogP contribution >= 0.6 is 0 Å². The molecule has 1 saturated heterocycles. The molecule has 1 spiro atoms. The summed E-state index contributed by atoms with van der Waals surface area (Å²) in [6.45, 7) is 5.72. The first-order chi connectivity index (χ1) is 10.2. The molecule has 3 fully saturated rings. The van der Waals surface area contributed by atoms with Gasteiger partial charge in [-0.3, -0.25) is 0 Å². The molecule has 0 aromatic heterocycles. The second kappa shape index (κ2) is 6.53. The molecule has 21 heavy (non-hydrogen) atoms. The molecule has 0 radical (unpaired) electrons. The van der Waals surface area contributed by atoms with Gasteiger partial charge in [0.05, 0.1) is 12.7 Å². The van der Waals surface area contributed by atoms with Crippen molar-refractivity contribution in [3.63, 3.8) is 0 Å². The number of aliphatic hydroxyl groups excluding tert-OH is 1. The summed E-state index contributed by atoms with van der Waals surface area (Å²) >= 11 is 0. The van der Waals surface area contributed by atoms with Crippen LogP contribution in [0, 0.1) is 10.8 Å². The minimum atomic E-state index is 0.0365. The molecule has 3 aliphatic rings. The van der Waals surface area contributed by atoms with Crippen LogP contribution in [0.1, 0.15) is 51.9 Å². The zero-order valence-electron chi connectivity index (χ0n) is 13.4. The maximum Gasteiger partial charge on any atom is 0.0661 e. The van der Waals surface area contributed by atoms with Crippen molar-refractivity contribution >= 4 is 0 Å². The van der Waals surface area contributed by atoms with Crippen LogP contribution in [0.2, 0.25) is 0 Å². The summed E-state index contributed by atoms with van der Waals surface area (Å²) in [4.78, 5) is 0. The maximum atomic E-state index is 9.82. The molecular weight excluding hydrogens is 266 g/mol. The van der Waals surface area contributed by atoms with Crippen molar-refractivity contribution in [2.24, 2.45) is 10.8 Å². The Balaban J connectivity index is 1.57. The Morgan fingerprint density at radius 2 is 1.90 bits per heavy atom. The van der Waals surface area contributed by atoms with Crippen molar-refractivity contribution in [3.05, 3.63) is 0 Å². The van der Waals surface area contributed by atoms with Gasteiger partial charge in [0, 0.05) is 43.2 Å². The van der Waals surface area contributed by atoms with Crippen LogP contribution in [-0.2, 0) is 9.47 Å². The van der Waals surface area contributed by atoms with Crippen molar-refractivity contribution < 1.29 is 14.6 Å². The topological polar surface area (TPSA) is 50.7 Å². The van der Waals surface area contributed by atoms with Gasteiger partial charge < -0.3 is 19.9 Å². The first-order valence-corrected chi connectivity index (χ1v) is 8.78. The molecule has 0 aromatic rings. The lowest BCUT2D eigenvalue weighted by Gasteiger charge is -2.55. The molecule has 4 heteroatoms. The number of rotatable bonds is 6. The molecule has 122 valence electrons. The minimum Gasteiger partial charge on any atom is -0.396 e. The fourth-order valence-electron chi connectivity index (χ4n) is 4.71. The first-order valence-electron chi connectivity index (χ1n) is 8.78. The highest BCUT2D eigenvalue weighted by Gasteiger charge is 2.56. The summed E-state index contributed by atoms with van der Waals surface area (Å²) < 4.78 is 11.4. The highest BCUT2D eigenvalue weighted by Crippen LogP contribution is 2.54. The van der Waals surface area contributed by atoms with E-state index in [1.807, 2.05) is 0 Å². The van der Waals surface area contributed by atoms with Crippen LogP contribution in [0.15, 0.2) is 0 Å². The molecule has 2 N–H and O–H groups in total. The molecule has 0 aromatic carbocycles. The van der Waals surface area contributed by atoms with Gasteiger partial charge in [-0.25, -0.2) is 0 Å². The fourth-order valence-corrected chi connectivity index (χ4v) is 4.71. The molecule has 0 bridgehead atoms. The van der Waals surface area contributed by atoms with E-state index in [4.69, 9.17) is 9.47 Å². The molecule has 2 atom stereocenters. The summed E-state index contributed by atoms with van der Waals surface area (Å²) in [5.74, 6) is 0. The third kappa shape index (κ3) is 2.88. The molecule has 2 aliphatic carbocycles. The monoisotopic (exact) mass is 297 g/mol. The Labute approximate surface area is 128 Å². The van der Waals surface area contributed by atoms with Crippen molar-refractivity contribution in [1.82, 2.24) is 5.32 Å². The largest absolute Gasteiger partial charge is 0.396 e. The third-order valence-electron chi connectivity index (χ3n) is 6.30. The number of aliphatic hydroxyl groups is 1. The lowest BCUT2D eigenvalue weighted by molar-refractivity contribution is -0.134. The average molecular weight is 297 g/mol. The molecule has 2 saturated carbocycles. The van der Waals surface area contributed by atoms with E-state index < -0.39 is 0 Å². The van der Waals surface area contributed by atoms with E-state index in [2.05, 4.69) is 12.2 Å². The summed E-state index contributed by atoms with van der Waals surface area (Å²) in [5.41, 5.74) is 0.423. The zero-order valence-corrected chi connectivity index (χ0v) is 13.4. The van der Waals surface area contributed by atoms with Gasteiger partial charge >= 0.3 is 0 Å². The Morgan fingerprint density at radius 3 is 2.52 bits per heavy atom. The van der Waals surface area contributed by atoms with E-state index in [0.717, 1.165) is 45.6 Å². The molecule has 0 amide bonds. The quantitative estimate of drug-likeness (QED) is 0.788. The standard InChI is InChI=1S/C17H31NO3/c1-2-21-15-11-14(17(15)5-3-4-6-17)18-12-16(13-19)7-9-20-10-8-16/h14-15,18-19H,2-13H2,1H3. The Hall–Kier alpha value is -0.160. The summed E-state index contributed by atoms with van der Waals surface area (Å²) in [5, 5.41) is 13.6. The average Bonchev–Trinajstić information content (AvgIpc) is 3.04. The van der Waals surface area contributed by atoms with E-state index in [1.165, 1.54) is 25.7 Å². The Bertz CT molecular complexity index is 335. The van der Waals surface area contributed by atoms with Gasteiger partial charge in [-0.1, -0.05) is 12.8 Å². The second-order valence-electron chi connectivity index (χ2n) is 7.32. The summed E-state index contributed by atoms with van der Waals surface area (Å²) in [6.07, 6.45) is 8.88. The van der Waals surface area contributed by atoms with Gasteiger partial charge in [-0.15, -0.1) is 0 Å². The van der Waals surface area contributed by atoms with E-state index >= 15 is 0 Å². The van der Waals surface area contributed by atoms with E-state index in [9.17, 15) is 5.11 Å². The van der Waals surface area contributed by atoms with E-state index in [0.29, 0.717) is 17.6 Å². The van der Waals surface area contributed by atoms with Gasteiger partial charge in [0.1, 0.15) is 0 Å². The van der Waals surface area contributed by atoms with Gasteiger partial charge in [0.15, 0.2) is 0 Å². The van der Waals surface area contributed by atoms with Crippen molar-refractivity contribution in [2.45, 2.75) is 64.0 Å². The van der Waals surface area contributed by atoms with Crippen LogP contribution in [0.25, 0.3) is 0 Å². The van der Waals surface area contributed by atoms with Crippen LogP contribution in [0.3, 0.4) is 0 Å². The van der Waals surface area contributed by atoms with Crippen LogP contribution < -0.4 is 5.32 Å². The predicted molar refractivity (Wildman–Crippen MR) is 82.3 cm³/mol. The normalized spacial score (nSPS) is 34.0. The first kappa shape index (κ1) is 15.7. The lowest BCUT2D eigenvalue weighted by atomic mass is 9.60. The SMILES string of the molecule is CCOC1CC(NCC2(CO)CCOCC2)C12CCCC2. The molecule has 2 unspecified atom stereocenters. The second-order valence-corrected chi connectivity index (χ2v) is 7.32. The molecule has 1 aliphatic heterocycles. The number of nitrogens with one attached hydrogen (secondary N) is 1. The van der Waals surface area contributed by atoms with Crippen LogP contribution in [0.4, 0.5) is 0 Å². The molecule has 3 rings (SSSR count). The highest BCUT2D eigenvalue weighted by atomic mass is 16.5. The van der Waals surface area contributed by atoms with Crippen molar-refractivity contribution in [1.29, 1.82) is 0 Å². The highest BCUT2D eigenvalue weighted by molar-refractivity contribution is 5.10. The van der Waals surface area contributed by atoms with Gasteiger partial charge in [0.25, 0.3) is 0 Å². The van der Waals surface area contributed by atoms with Crippen LogP contribution in [-0.4, -0.2) is 50.2 Å². The summed E-state index contributed by atoms with van der Waals surface area (Å²) in [7, 11) is 0. The maximum absolute atomic E-state index is 9.82. The number of hydrogen-bond donors (Lipinski definition) is 2. The van der Waals surface area contributed by atoms with Gasteiger partial charge in [0.2, 0.25) is 0 Å². The molecular formula is C17H31NO3. The summed E-state index contributed by atoms with van der Waals surface area (Å²) in [6, 6.07) is 0.586. The van der Waals surface area contributed by atoms with E-state index in [1.54, 1.807) is 0 Å². The molecule has 1 heterocycles. The predicted octanol–water partition coefficient (Wildman–Crippen LogP) is 2.10. The van der Waals surface area contributed by atoms with Gasteiger partial charge in [-0.05, 0) is 39.0 Å². The Morgan fingerprint density at radius 1 is 1.19 bits per heavy atom. The lowest BCUT2D eigenvalue weighted by Crippen LogP contribution is -2.64. The fraction of sp³-hybridized carbons (Fsp3) is 1.00. The zero-order chi connectivity index (χ0) is 14.8. The number of ether oxygens (including phenoxy) is 2. The smallest absolute Gasteiger partial charge is 0.0661 e. The van der Waals surface area contributed by atoms with Gasteiger partial charge in [-0.2, -0.15) is 0 Å². The minimum absolute atomic E-state index is 0.0365. The third-order valence-corrected chi connectivity index (χ3v) is 6.30. The van der Waals surface area contributed by atoms with Crippen molar-refractivity contribution in [3.8, 4) is 0 Å². The van der Waals surface area contributed by atoms with Crippen molar-refractivity contribution in [2.75, 3.05) is 33.0 Å². The Kier molecular flexibility index (Phi) is 4.89. The number of hydrogen-bond acceptors (Lipinski definition) is 4. The van der Waals surface area contributed by atoms with E-state index in [-0.39, 0.29) is 12.0 Å². The molecule has 4 nitrogen and oxygen atoms in total.